The highest BCUT2D eigenvalue weighted by Gasteiger charge is 2.25. The Balaban J connectivity index is 1.78. The van der Waals surface area contributed by atoms with Crippen LogP contribution in [0.5, 0.6) is 5.75 Å². The first-order valence-corrected chi connectivity index (χ1v) is 9.10. The van der Waals surface area contributed by atoms with Gasteiger partial charge in [-0.25, -0.2) is 0 Å². The van der Waals surface area contributed by atoms with Crippen LogP contribution in [0.25, 0.3) is 0 Å². The fourth-order valence-electron chi connectivity index (χ4n) is 2.91. The summed E-state index contributed by atoms with van der Waals surface area (Å²) in [5.41, 5.74) is 1.26. The maximum absolute atomic E-state index is 13.3. The summed E-state index contributed by atoms with van der Waals surface area (Å²) in [5.74, 6) is 0.0141. The molecular weight excluding hydrogens is 372 g/mol. The number of carbonyl (C=O) groups is 1. The van der Waals surface area contributed by atoms with Gasteiger partial charge in [-0.05, 0) is 24.3 Å². The van der Waals surface area contributed by atoms with Crippen LogP contribution in [0.4, 0.5) is 17.1 Å². The van der Waals surface area contributed by atoms with Gasteiger partial charge in [-0.2, -0.15) is 0 Å². The van der Waals surface area contributed by atoms with E-state index in [2.05, 4.69) is 0 Å². The van der Waals surface area contributed by atoms with Gasteiger partial charge in [0.15, 0.2) is 0 Å². The zero-order valence-electron chi connectivity index (χ0n) is 15.4. The van der Waals surface area contributed by atoms with Crippen molar-refractivity contribution in [2.75, 3.05) is 18.1 Å². The van der Waals surface area contributed by atoms with Crippen LogP contribution in [0, 0.1) is 10.1 Å². The molecule has 1 atom stereocenters. The van der Waals surface area contributed by atoms with E-state index in [9.17, 15) is 14.9 Å². The third kappa shape index (κ3) is 4.41. The average Bonchev–Trinajstić information content (AvgIpc) is 3.58. The van der Waals surface area contributed by atoms with E-state index in [1.165, 1.54) is 17.0 Å². The Hall–Kier alpha value is -3.71. The Morgan fingerprint density at radius 3 is 2.31 bits per heavy atom. The number of carbonyl (C=O) groups excluding carboxylic acids is 1. The highest BCUT2D eigenvalue weighted by Crippen LogP contribution is 2.34. The van der Waals surface area contributed by atoms with Crippen molar-refractivity contribution in [1.82, 2.24) is 0 Å². The fourth-order valence-corrected chi connectivity index (χ4v) is 2.91. The zero-order valence-corrected chi connectivity index (χ0v) is 15.4. The number of anilines is 2. The maximum Gasteiger partial charge on any atom is 0.275 e. The molecule has 0 bridgehead atoms. The number of ether oxygens (including phenoxy) is 2. The molecule has 0 radical (unpaired) electrons. The molecule has 3 aromatic rings. The van der Waals surface area contributed by atoms with Crippen molar-refractivity contribution in [2.45, 2.75) is 6.10 Å². The summed E-state index contributed by atoms with van der Waals surface area (Å²) in [6.45, 7) is 0.920. The van der Waals surface area contributed by atoms with Gasteiger partial charge in [0.25, 0.3) is 11.6 Å². The van der Waals surface area contributed by atoms with E-state index in [1.54, 1.807) is 54.6 Å². The number of nitro benzene ring substituents is 1. The van der Waals surface area contributed by atoms with Gasteiger partial charge in [0.05, 0.1) is 23.3 Å². The van der Waals surface area contributed by atoms with E-state index >= 15 is 0 Å². The van der Waals surface area contributed by atoms with Crippen LogP contribution in [0.15, 0.2) is 78.9 Å². The van der Waals surface area contributed by atoms with Gasteiger partial charge in [0, 0.05) is 23.4 Å². The predicted octanol–water partition coefficient (Wildman–Crippen LogP) is 4.35. The lowest BCUT2D eigenvalue weighted by atomic mass is 10.1. The summed E-state index contributed by atoms with van der Waals surface area (Å²) >= 11 is 0. The van der Waals surface area contributed by atoms with Gasteiger partial charge in [-0.3, -0.25) is 19.8 Å². The zero-order chi connectivity index (χ0) is 20.2. The molecule has 146 valence electrons. The molecule has 0 saturated carbocycles. The first kappa shape index (κ1) is 18.6. The van der Waals surface area contributed by atoms with E-state index in [4.69, 9.17) is 9.47 Å². The minimum absolute atomic E-state index is 0.00823. The number of rotatable bonds is 7. The minimum Gasteiger partial charge on any atom is -0.490 e. The molecule has 0 aromatic heterocycles. The van der Waals surface area contributed by atoms with Gasteiger partial charge >= 0.3 is 0 Å². The summed E-state index contributed by atoms with van der Waals surface area (Å²) in [6.07, 6.45) is 0.00823. The lowest BCUT2D eigenvalue weighted by molar-refractivity contribution is -0.384. The second kappa shape index (κ2) is 8.12. The largest absolute Gasteiger partial charge is 0.490 e. The summed E-state index contributed by atoms with van der Waals surface area (Å²) in [5, 5.41) is 11.5. The second-order valence-corrected chi connectivity index (χ2v) is 6.55. The lowest BCUT2D eigenvalue weighted by Gasteiger charge is -2.23. The van der Waals surface area contributed by atoms with Crippen molar-refractivity contribution in [3.8, 4) is 5.75 Å². The Kier molecular flexibility index (Phi) is 5.22. The Morgan fingerprint density at radius 1 is 1.03 bits per heavy atom. The van der Waals surface area contributed by atoms with Crippen molar-refractivity contribution in [2.24, 2.45) is 0 Å². The molecule has 1 aliphatic rings. The molecule has 0 spiro atoms. The molecule has 7 nitrogen and oxygen atoms in total. The molecule has 1 unspecified atom stereocenters. The highest BCUT2D eigenvalue weighted by atomic mass is 16.6. The number of non-ortho nitro benzene ring substituents is 1. The Labute approximate surface area is 167 Å². The number of nitro groups is 1. The van der Waals surface area contributed by atoms with Crippen LogP contribution in [0.3, 0.4) is 0 Å². The van der Waals surface area contributed by atoms with Crippen LogP contribution in [0.1, 0.15) is 10.4 Å². The first-order valence-electron chi connectivity index (χ1n) is 9.10. The Morgan fingerprint density at radius 2 is 1.69 bits per heavy atom. The highest BCUT2D eigenvalue weighted by molar-refractivity contribution is 6.11. The van der Waals surface area contributed by atoms with Crippen molar-refractivity contribution >= 4 is 23.0 Å². The lowest BCUT2D eigenvalue weighted by Crippen LogP contribution is -2.26. The number of benzene rings is 3. The maximum atomic E-state index is 13.3. The van der Waals surface area contributed by atoms with Crippen molar-refractivity contribution in [1.29, 1.82) is 0 Å². The first-order chi connectivity index (χ1) is 14.1. The molecule has 1 fully saturated rings. The van der Waals surface area contributed by atoms with E-state index < -0.39 is 4.92 Å². The smallest absolute Gasteiger partial charge is 0.275 e. The Bertz CT molecular complexity index is 1020. The van der Waals surface area contributed by atoms with Gasteiger partial charge in [0.2, 0.25) is 0 Å². The van der Waals surface area contributed by atoms with E-state index in [-0.39, 0.29) is 17.7 Å². The van der Waals surface area contributed by atoms with Gasteiger partial charge in [0.1, 0.15) is 18.5 Å². The normalized spacial score (nSPS) is 14.8. The molecule has 4 rings (SSSR count). The molecule has 0 aliphatic carbocycles. The minimum atomic E-state index is -0.500. The third-order valence-corrected chi connectivity index (χ3v) is 4.42. The summed E-state index contributed by atoms with van der Waals surface area (Å²) in [7, 11) is 0. The molecule has 1 heterocycles. The quantitative estimate of drug-likeness (QED) is 0.340. The van der Waals surface area contributed by atoms with Gasteiger partial charge < -0.3 is 9.47 Å². The van der Waals surface area contributed by atoms with Crippen molar-refractivity contribution < 1.29 is 19.2 Å². The number of hydrogen-bond acceptors (Lipinski definition) is 5. The number of nitrogens with zero attached hydrogens (tertiary/aromatic N) is 2. The summed E-state index contributed by atoms with van der Waals surface area (Å²) in [4.78, 5) is 25.7. The SMILES string of the molecule is O=C(c1ccccc1)N(c1ccccc1)c1cc(OCC2CO2)cc([N+](=O)[O-])c1. The predicted molar refractivity (Wildman–Crippen MR) is 108 cm³/mol. The van der Waals surface area contributed by atoms with Crippen LogP contribution in [0.2, 0.25) is 0 Å². The summed E-state index contributed by atoms with van der Waals surface area (Å²) in [6, 6.07) is 22.1. The van der Waals surface area contributed by atoms with Crippen molar-refractivity contribution in [3.63, 3.8) is 0 Å². The van der Waals surface area contributed by atoms with E-state index in [0.29, 0.717) is 35.9 Å². The summed E-state index contributed by atoms with van der Waals surface area (Å²) < 4.78 is 10.8. The van der Waals surface area contributed by atoms with Crippen LogP contribution < -0.4 is 9.64 Å². The number of epoxide rings is 1. The van der Waals surface area contributed by atoms with E-state index in [1.807, 2.05) is 12.1 Å². The van der Waals surface area contributed by atoms with Crippen LogP contribution in [-0.2, 0) is 4.74 Å². The molecule has 3 aromatic carbocycles. The second-order valence-electron chi connectivity index (χ2n) is 6.55. The molecule has 1 aliphatic heterocycles. The number of amides is 1. The molecule has 1 amide bonds. The molecule has 7 heteroatoms. The molecule has 29 heavy (non-hydrogen) atoms. The standard InChI is InChI=1S/C22H18N2O5/c25-22(16-7-3-1-4-8-16)23(17-9-5-2-6-10-17)18-11-19(24(26)27)13-20(12-18)28-14-21-15-29-21/h1-13,21H,14-15H2. The van der Waals surface area contributed by atoms with Gasteiger partial charge in [-0.1, -0.05) is 36.4 Å². The number of hydrogen-bond donors (Lipinski definition) is 0. The average molecular weight is 390 g/mol. The number of para-hydroxylation sites is 1. The monoisotopic (exact) mass is 390 g/mol. The molecule has 1 saturated heterocycles. The molecular formula is C22H18N2O5. The topological polar surface area (TPSA) is 85.2 Å². The molecule has 0 N–H and O–H groups in total. The van der Waals surface area contributed by atoms with Crippen molar-refractivity contribution in [3.05, 3.63) is 94.5 Å². The van der Waals surface area contributed by atoms with Gasteiger partial charge in [-0.15, -0.1) is 0 Å². The fraction of sp³-hybridized carbons (Fsp3) is 0.136. The van der Waals surface area contributed by atoms with Crippen LogP contribution >= 0.6 is 0 Å². The van der Waals surface area contributed by atoms with E-state index in [0.717, 1.165) is 0 Å². The van der Waals surface area contributed by atoms with Crippen LogP contribution in [-0.4, -0.2) is 30.1 Å². The third-order valence-electron chi connectivity index (χ3n) is 4.42.